The lowest BCUT2D eigenvalue weighted by molar-refractivity contribution is -0.105. The molecule has 0 saturated heterocycles. The largest absolute Gasteiger partial charge is 0.487 e. The Bertz CT molecular complexity index is 891. The third kappa shape index (κ3) is 6.35. The Morgan fingerprint density at radius 1 is 1.20 bits per heavy atom. The number of rotatable bonds is 10. The van der Waals surface area contributed by atoms with Crippen LogP contribution in [0.4, 0.5) is 5.69 Å². The number of ether oxygens (including phenoxy) is 1. The lowest BCUT2D eigenvalue weighted by Crippen LogP contribution is -2.42. The molecule has 1 amide bonds. The Hall–Kier alpha value is -2.80. The normalized spacial score (nSPS) is 12.6. The highest BCUT2D eigenvalue weighted by Crippen LogP contribution is 2.40. The van der Waals surface area contributed by atoms with Gasteiger partial charge in [0.1, 0.15) is 12.4 Å². The molecule has 0 heterocycles. The molecule has 2 aromatic rings. The van der Waals surface area contributed by atoms with E-state index >= 15 is 0 Å². The molecule has 160 valence electrons. The van der Waals surface area contributed by atoms with Gasteiger partial charge in [-0.15, -0.1) is 0 Å². The van der Waals surface area contributed by atoms with Crippen molar-refractivity contribution in [1.29, 1.82) is 0 Å². The monoisotopic (exact) mass is 426 g/mol. The molecule has 0 spiro atoms. The molecule has 0 aliphatic rings. The van der Waals surface area contributed by atoms with Gasteiger partial charge in [0.05, 0.1) is 18.3 Å². The third-order valence-electron chi connectivity index (χ3n) is 5.38. The molecule has 2 aromatic carbocycles. The number of hydrogen-bond acceptors (Lipinski definition) is 4. The van der Waals surface area contributed by atoms with Gasteiger partial charge in [-0.2, -0.15) is 0 Å². The predicted octanol–water partition coefficient (Wildman–Crippen LogP) is 6.21. The summed E-state index contributed by atoms with van der Waals surface area (Å²) >= 11 is 0. The van der Waals surface area contributed by atoms with Crippen molar-refractivity contribution in [2.75, 3.05) is 11.9 Å². The second kappa shape index (κ2) is 10.3. The third-order valence-corrected chi connectivity index (χ3v) is 9.87. The van der Waals surface area contributed by atoms with E-state index in [-0.39, 0.29) is 11.6 Å². The SMILES string of the molecule is CC(C)(C)[Si](C)(C)O[C@@H](CN=[N+]=[N-])c1ccc(OCc2ccccc2)c(NC=O)c1. The number of nitrogens with one attached hydrogen (secondary N) is 1. The van der Waals surface area contributed by atoms with Crippen LogP contribution in [0.2, 0.25) is 18.1 Å². The fraction of sp³-hybridized carbons (Fsp3) is 0.409. The van der Waals surface area contributed by atoms with Gasteiger partial charge < -0.3 is 14.5 Å². The smallest absolute Gasteiger partial charge is 0.211 e. The first-order valence-electron chi connectivity index (χ1n) is 9.87. The molecule has 30 heavy (non-hydrogen) atoms. The minimum Gasteiger partial charge on any atom is -0.487 e. The minimum absolute atomic E-state index is 0.00419. The second-order valence-electron chi connectivity index (χ2n) is 8.57. The Labute approximate surface area is 179 Å². The van der Waals surface area contributed by atoms with E-state index in [1.165, 1.54) is 0 Å². The summed E-state index contributed by atoms with van der Waals surface area (Å²) in [6.45, 7) is 11.3. The summed E-state index contributed by atoms with van der Waals surface area (Å²) in [6.07, 6.45) is 0.211. The minimum atomic E-state index is -2.11. The molecule has 1 N–H and O–H groups in total. The average Bonchev–Trinajstić information content (AvgIpc) is 2.70. The van der Waals surface area contributed by atoms with Crippen molar-refractivity contribution in [3.05, 3.63) is 70.1 Å². The summed E-state index contributed by atoms with van der Waals surface area (Å²) < 4.78 is 12.4. The number of azide groups is 1. The van der Waals surface area contributed by atoms with Crippen LogP contribution in [-0.4, -0.2) is 21.3 Å². The molecule has 0 fully saturated rings. The average molecular weight is 427 g/mol. The molecule has 1 atom stereocenters. The van der Waals surface area contributed by atoms with Crippen LogP contribution in [0.1, 0.15) is 38.0 Å². The van der Waals surface area contributed by atoms with Crippen molar-refractivity contribution >= 4 is 20.4 Å². The standard InChI is InChI=1S/C22H30N4O3Si/c1-22(2,3)30(4,5)29-21(14-25-26-23)18-11-12-20(19(13-18)24-16-27)28-15-17-9-7-6-8-10-17/h6-13,16,21H,14-15H2,1-5H3,(H,24,27)/t21-/m0/s1. The van der Waals surface area contributed by atoms with Crippen molar-refractivity contribution in [1.82, 2.24) is 0 Å². The van der Waals surface area contributed by atoms with Gasteiger partial charge in [-0.05, 0) is 46.9 Å². The van der Waals surface area contributed by atoms with E-state index in [2.05, 4.69) is 49.2 Å². The summed E-state index contributed by atoms with van der Waals surface area (Å²) in [5, 5.41) is 6.45. The molecule has 7 nitrogen and oxygen atoms in total. The zero-order valence-electron chi connectivity index (χ0n) is 18.3. The molecule has 8 heteroatoms. The summed E-state index contributed by atoms with van der Waals surface area (Å²) in [5.41, 5.74) is 11.2. The van der Waals surface area contributed by atoms with Crippen LogP contribution in [0.5, 0.6) is 5.75 Å². The van der Waals surface area contributed by atoms with Crippen LogP contribution in [-0.2, 0) is 15.8 Å². The fourth-order valence-electron chi connectivity index (χ4n) is 2.64. The zero-order valence-corrected chi connectivity index (χ0v) is 19.3. The number of amides is 1. The highest BCUT2D eigenvalue weighted by molar-refractivity contribution is 6.74. The van der Waals surface area contributed by atoms with Crippen LogP contribution < -0.4 is 10.1 Å². The predicted molar refractivity (Wildman–Crippen MR) is 122 cm³/mol. The van der Waals surface area contributed by atoms with E-state index in [9.17, 15) is 4.79 Å². The first-order valence-corrected chi connectivity index (χ1v) is 12.8. The number of carbonyl (C=O) groups excluding carboxylic acids is 1. The maximum absolute atomic E-state index is 11.2. The zero-order chi connectivity index (χ0) is 22.2. The van der Waals surface area contributed by atoms with Gasteiger partial charge in [-0.1, -0.05) is 62.3 Å². The van der Waals surface area contributed by atoms with Crippen molar-refractivity contribution in [2.45, 2.75) is 51.6 Å². The summed E-state index contributed by atoms with van der Waals surface area (Å²) in [4.78, 5) is 14.1. The van der Waals surface area contributed by atoms with Gasteiger partial charge in [0.2, 0.25) is 6.41 Å². The maximum atomic E-state index is 11.2. The van der Waals surface area contributed by atoms with Crippen LogP contribution in [0.25, 0.3) is 10.4 Å². The van der Waals surface area contributed by atoms with E-state index in [0.717, 1.165) is 11.1 Å². The lowest BCUT2D eigenvalue weighted by atomic mass is 10.1. The van der Waals surface area contributed by atoms with Crippen LogP contribution in [0, 0.1) is 0 Å². The van der Waals surface area contributed by atoms with Crippen molar-refractivity contribution < 1.29 is 14.0 Å². The van der Waals surface area contributed by atoms with Crippen molar-refractivity contribution in [3.8, 4) is 5.75 Å². The lowest BCUT2D eigenvalue weighted by Gasteiger charge is -2.39. The van der Waals surface area contributed by atoms with Crippen LogP contribution in [0.15, 0.2) is 53.6 Å². The molecule has 2 rings (SSSR count). The molecule has 0 bridgehead atoms. The van der Waals surface area contributed by atoms with E-state index in [1.54, 1.807) is 0 Å². The molecule has 0 radical (unpaired) electrons. The Kier molecular flexibility index (Phi) is 8.05. The first-order chi connectivity index (χ1) is 14.2. The van der Waals surface area contributed by atoms with Gasteiger partial charge in [0.15, 0.2) is 8.32 Å². The quantitative estimate of drug-likeness (QED) is 0.161. The molecule has 0 unspecified atom stereocenters. The van der Waals surface area contributed by atoms with Gasteiger partial charge in [-0.3, -0.25) is 4.79 Å². The first kappa shape index (κ1) is 23.5. The van der Waals surface area contributed by atoms with E-state index < -0.39 is 14.4 Å². The van der Waals surface area contributed by atoms with Gasteiger partial charge >= 0.3 is 0 Å². The van der Waals surface area contributed by atoms with E-state index in [0.29, 0.717) is 24.5 Å². The Balaban J connectivity index is 2.31. The molecule has 0 aliphatic carbocycles. The van der Waals surface area contributed by atoms with Crippen LogP contribution in [0.3, 0.4) is 0 Å². The summed E-state index contributed by atoms with van der Waals surface area (Å²) in [7, 11) is -2.11. The summed E-state index contributed by atoms with van der Waals surface area (Å²) in [5.74, 6) is 0.560. The Morgan fingerprint density at radius 2 is 1.90 bits per heavy atom. The maximum Gasteiger partial charge on any atom is 0.211 e. The number of hydrogen-bond donors (Lipinski definition) is 1. The second-order valence-corrected chi connectivity index (χ2v) is 13.3. The Morgan fingerprint density at radius 3 is 2.50 bits per heavy atom. The number of benzene rings is 2. The number of anilines is 1. The van der Waals surface area contributed by atoms with Gasteiger partial charge in [0, 0.05) is 4.91 Å². The number of nitrogens with zero attached hydrogens (tertiary/aromatic N) is 3. The van der Waals surface area contributed by atoms with Gasteiger partial charge in [0.25, 0.3) is 0 Å². The molecule has 0 saturated carbocycles. The van der Waals surface area contributed by atoms with Crippen LogP contribution >= 0.6 is 0 Å². The highest BCUT2D eigenvalue weighted by atomic mass is 28.4. The number of carbonyl (C=O) groups is 1. The molecule has 0 aliphatic heterocycles. The van der Waals surface area contributed by atoms with Crippen molar-refractivity contribution in [2.24, 2.45) is 5.11 Å². The van der Waals surface area contributed by atoms with E-state index in [1.807, 2.05) is 48.5 Å². The van der Waals surface area contributed by atoms with E-state index in [4.69, 9.17) is 14.7 Å². The topological polar surface area (TPSA) is 96.3 Å². The molecule has 0 aromatic heterocycles. The molecular weight excluding hydrogens is 396 g/mol. The highest BCUT2D eigenvalue weighted by Gasteiger charge is 2.39. The van der Waals surface area contributed by atoms with Crippen molar-refractivity contribution in [3.63, 3.8) is 0 Å². The van der Waals surface area contributed by atoms with Gasteiger partial charge in [-0.25, -0.2) is 0 Å². The fourth-order valence-corrected chi connectivity index (χ4v) is 3.91. The summed E-state index contributed by atoms with van der Waals surface area (Å²) in [6, 6.07) is 15.3. The molecular formula is C22H30N4O3Si.